The SMILES string of the molecule is CC[C@@H]1C(=O)[C@@H](c2ccccc2)C(C)(C)C1(C)C. The number of ketones is 1. The van der Waals surface area contributed by atoms with E-state index >= 15 is 0 Å². The number of Topliss-reactive ketones (excluding diaryl/α,β-unsaturated/α-hetero) is 1. The van der Waals surface area contributed by atoms with Crippen LogP contribution in [0.4, 0.5) is 0 Å². The fourth-order valence-electron chi connectivity index (χ4n) is 3.67. The van der Waals surface area contributed by atoms with Crippen LogP contribution in [0.3, 0.4) is 0 Å². The van der Waals surface area contributed by atoms with Crippen LogP contribution in [0.2, 0.25) is 0 Å². The summed E-state index contributed by atoms with van der Waals surface area (Å²) in [5, 5.41) is 0. The van der Waals surface area contributed by atoms with Crippen molar-refractivity contribution in [3.05, 3.63) is 35.9 Å². The van der Waals surface area contributed by atoms with E-state index < -0.39 is 0 Å². The standard InChI is InChI=1S/C17H24O/c1-6-13-15(18)14(12-10-8-7-9-11-12)17(4,5)16(13,2)3/h7-11,13-14H,6H2,1-5H3/t13-,14-/m1/s1. The zero-order valence-electron chi connectivity index (χ0n) is 12.2. The van der Waals surface area contributed by atoms with Crippen molar-refractivity contribution < 1.29 is 4.79 Å². The largest absolute Gasteiger partial charge is 0.299 e. The van der Waals surface area contributed by atoms with Gasteiger partial charge in [0, 0.05) is 11.8 Å². The molecular weight excluding hydrogens is 220 g/mol. The highest BCUT2D eigenvalue weighted by atomic mass is 16.1. The first-order valence-corrected chi connectivity index (χ1v) is 6.92. The second-order valence-electron chi connectivity index (χ2n) is 6.65. The van der Waals surface area contributed by atoms with Gasteiger partial charge in [-0.25, -0.2) is 0 Å². The van der Waals surface area contributed by atoms with Gasteiger partial charge in [0.05, 0.1) is 0 Å². The summed E-state index contributed by atoms with van der Waals surface area (Å²) in [6.07, 6.45) is 0.943. The van der Waals surface area contributed by atoms with E-state index in [1.54, 1.807) is 0 Å². The summed E-state index contributed by atoms with van der Waals surface area (Å²) in [6.45, 7) is 11.1. The fraction of sp³-hybridized carbons (Fsp3) is 0.588. The molecule has 0 saturated heterocycles. The maximum Gasteiger partial charge on any atom is 0.144 e. The van der Waals surface area contributed by atoms with Gasteiger partial charge in [0.25, 0.3) is 0 Å². The Bertz CT molecular complexity index is 442. The minimum Gasteiger partial charge on any atom is -0.299 e. The highest BCUT2D eigenvalue weighted by Gasteiger charge is 2.59. The molecule has 0 radical (unpaired) electrons. The van der Waals surface area contributed by atoms with Crippen LogP contribution in [0.5, 0.6) is 0 Å². The summed E-state index contributed by atoms with van der Waals surface area (Å²) in [7, 11) is 0. The predicted octanol–water partition coefficient (Wildman–Crippen LogP) is 4.43. The van der Waals surface area contributed by atoms with Gasteiger partial charge < -0.3 is 0 Å². The molecule has 0 bridgehead atoms. The average molecular weight is 244 g/mol. The molecule has 1 aromatic rings. The molecular formula is C17H24O. The van der Waals surface area contributed by atoms with Crippen LogP contribution in [0.1, 0.15) is 52.5 Å². The minimum absolute atomic E-state index is 0.00606. The third-order valence-electron chi connectivity index (χ3n) is 5.42. The Hall–Kier alpha value is -1.11. The molecule has 0 aromatic heterocycles. The number of rotatable bonds is 2. The van der Waals surface area contributed by atoms with Gasteiger partial charge in [-0.15, -0.1) is 0 Å². The van der Waals surface area contributed by atoms with E-state index in [0.717, 1.165) is 6.42 Å². The first-order chi connectivity index (χ1) is 8.34. The lowest BCUT2D eigenvalue weighted by molar-refractivity contribution is -0.123. The lowest BCUT2D eigenvalue weighted by Gasteiger charge is -2.40. The molecule has 0 aliphatic heterocycles. The molecule has 1 aromatic carbocycles. The normalized spacial score (nSPS) is 29.5. The van der Waals surface area contributed by atoms with Crippen LogP contribution in [0.15, 0.2) is 30.3 Å². The molecule has 1 aliphatic rings. The molecule has 1 nitrogen and oxygen atoms in total. The average Bonchev–Trinajstić information content (AvgIpc) is 2.43. The quantitative estimate of drug-likeness (QED) is 0.752. The lowest BCUT2D eigenvalue weighted by Crippen LogP contribution is -2.34. The molecule has 18 heavy (non-hydrogen) atoms. The molecule has 1 saturated carbocycles. The molecule has 0 unspecified atom stereocenters. The van der Waals surface area contributed by atoms with Crippen molar-refractivity contribution in [2.24, 2.45) is 16.7 Å². The van der Waals surface area contributed by atoms with Crippen LogP contribution in [0.25, 0.3) is 0 Å². The highest BCUT2D eigenvalue weighted by Crippen LogP contribution is 2.61. The maximum absolute atomic E-state index is 12.8. The molecule has 2 rings (SSSR count). The van der Waals surface area contributed by atoms with Gasteiger partial charge in [0.2, 0.25) is 0 Å². The number of carbonyl (C=O) groups excluding carboxylic acids is 1. The van der Waals surface area contributed by atoms with E-state index in [-0.39, 0.29) is 22.7 Å². The summed E-state index contributed by atoms with van der Waals surface area (Å²) in [6, 6.07) is 10.3. The topological polar surface area (TPSA) is 17.1 Å². The Morgan fingerprint density at radius 1 is 1.00 bits per heavy atom. The van der Waals surface area contributed by atoms with E-state index in [9.17, 15) is 4.79 Å². The second-order valence-corrected chi connectivity index (χ2v) is 6.65. The highest BCUT2D eigenvalue weighted by molar-refractivity contribution is 5.92. The van der Waals surface area contributed by atoms with E-state index in [4.69, 9.17) is 0 Å². The lowest BCUT2D eigenvalue weighted by atomic mass is 9.63. The Kier molecular flexibility index (Phi) is 3.12. The van der Waals surface area contributed by atoms with Crippen molar-refractivity contribution in [1.29, 1.82) is 0 Å². The number of hydrogen-bond acceptors (Lipinski definition) is 1. The monoisotopic (exact) mass is 244 g/mol. The van der Waals surface area contributed by atoms with Crippen LogP contribution in [-0.4, -0.2) is 5.78 Å². The summed E-state index contributed by atoms with van der Waals surface area (Å²) in [5.74, 6) is 0.648. The number of carbonyl (C=O) groups is 1. The Balaban J connectivity index is 2.52. The second kappa shape index (κ2) is 4.22. The summed E-state index contributed by atoms with van der Waals surface area (Å²) in [5.41, 5.74) is 1.24. The summed E-state index contributed by atoms with van der Waals surface area (Å²) in [4.78, 5) is 12.8. The summed E-state index contributed by atoms with van der Waals surface area (Å²) < 4.78 is 0. The van der Waals surface area contributed by atoms with Crippen LogP contribution in [-0.2, 0) is 4.79 Å². The van der Waals surface area contributed by atoms with Gasteiger partial charge in [-0.05, 0) is 22.8 Å². The Morgan fingerprint density at radius 2 is 1.56 bits per heavy atom. The maximum atomic E-state index is 12.8. The molecule has 2 atom stereocenters. The van der Waals surface area contributed by atoms with Crippen LogP contribution < -0.4 is 0 Å². The molecule has 0 N–H and O–H groups in total. The van der Waals surface area contributed by atoms with Crippen LogP contribution >= 0.6 is 0 Å². The number of benzene rings is 1. The Labute approximate surface area is 111 Å². The first kappa shape index (κ1) is 13.3. The van der Waals surface area contributed by atoms with Crippen LogP contribution in [0, 0.1) is 16.7 Å². The molecule has 98 valence electrons. The van der Waals surface area contributed by atoms with Gasteiger partial charge in [-0.3, -0.25) is 4.79 Å². The van der Waals surface area contributed by atoms with Crippen molar-refractivity contribution >= 4 is 5.78 Å². The van der Waals surface area contributed by atoms with Gasteiger partial charge >= 0.3 is 0 Å². The summed E-state index contributed by atoms with van der Waals surface area (Å²) >= 11 is 0. The smallest absolute Gasteiger partial charge is 0.144 e. The molecule has 0 heterocycles. The molecule has 0 amide bonds. The van der Waals surface area contributed by atoms with Crippen molar-refractivity contribution in [2.75, 3.05) is 0 Å². The van der Waals surface area contributed by atoms with E-state index in [1.807, 2.05) is 18.2 Å². The third-order valence-corrected chi connectivity index (χ3v) is 5.42. The predicted molar refractivity (Wildman–Crippen MR) is 75.5 cm³/mol. The molecule has 1 aliphatic carbocycles. The van der Waals surface area contributed by atoms with Crippen molar-refractivity contribution in [2.45, 2.75) is 47.0 Å². The van der Waals surface area contributed by atoms with Gasteiger partial charge in [-0.2, -0.15) is 0 Å². The van der Waals surface area contributed by atoms with E-state index in [2.05, 4.69) is 46.8 Å². The first-order valence-electron chi connectivity index (χ1n) is 6.92. The fourth-order valence-corrected chi connectivity index (χ4v) is 3.67. The zero-order chi connectivity index (χ0) is 13.6. The Morgan fingerprint density at radius 3 is 2.00 bits per heavy atom. The molecule has 0 spiro atoms. The minimum atomic E-state index is 0.00606. The number of hydrogen-bond donors (Lipinski definition) is 0. The van der Waals surface area contributed by atoms with Gasteiger partial charge in [0.1, 0.15) is 5.78 Å². The van der Waals surface area contributed by atoms with Gasteiger partial charge in [0.15, 0.2) is 0 Å². The van der Waals surface area contributed by atoms with Crippen molar-refractivity contribution in [3.8, 4) is 0 Å². The zero-order valence-corrected chi connectivity index (χ0v) is 12.2. The van der Waals surface area contributed by atoms with Gasteiger partial charge in [-0.1, -0.05) is 65.0 Å². The molecule has 1 fully saturated rings. The van der Waals surface area contributed by atoms with E-state index in [1.165, 1.54) is 5.56 Å². The van der Waals surface area contributed by atoms with Crippen molar-refractivity contribution in [3.63, 3.8) is 0 Å². The molecule has 1 heteroatoms. The van der Waals surface area contributed by atoms with Crippen molar-refractivity contribution in [1.82, 2.24) is 0 Å². The third kappa shape index (κ3) is 1.64. The van der Waals surface area contributed by atoms with E-state index in [0.29, 0.717) is 5.78 Å².